The normalized spacial score (nSPS) is 20.0. The molecule has 0 saturated heterocycles. The summed E-state index contributed by atoms with van der Waals surface area (Å²) in [5, 5.41) is 10.0. The Balaban J connectivity index is 1.94. The van der Waals surface area contributed by atoms with Gasteiger partial charge in [-0.3, -0.25) is 0 Å². The Morgan fingerprint density at radius 2 is 2.24 bits per heavy atom. The molecule has 0 amide bonds. The molecule has 1 aliphatic carbocycles. The van der Waals surface area contributed by atoms with Gasteiger partial charge in [0.25, 0.3) is 0 Å². The summed E-state index contributed by atoms with van der Waals surface area (Å²) in [5.41, 5.74) is 2.51. The van der Waals surface area contributed by atoms with Gasteiger partial charge in [0.1, 0.15) is 0 Å². The molecule has 1 aliphatic rings. The molecule has 2 rings (SSSR count). The smallest absolute Gasteiger partial charge is 0.0807 e. The van der Waals surface area contributed by atoms with Crippen molar-refractivity contribution in [2.75, 3.05) is 13.7 Å². The highest BCUT2D eigenvalue weighted by Crippen LogP contribution is 2.29. The molecule has 1 unspecified atom stereocenters. The van der Waals surface area contributed by atoms with Gasteiger partial charge in [-0.05, 0) is 37.7 Å². The van der Waals surface area contributed by atoms with Crippen molar-refractivity contribution < 1.29 is 9.84 Å². The molecule has 1 aromatic rings. The summed E-state index contributed by atoms with van der Waals surface area (Å²) in [4.78, 5) is 0. The van der Waals surface area contributed by atoms with Crippen molar-refractivity contribution in [1.82, 2.24) is 4.57 Å². The third-order valence-corrected chi connectivity index (χ3v) is 3.54. The van der Waals surface area contributed by atoms with Gasteiger partial charge in [0.2, 0.25) is 0 Å². The third-order valence-electron chi connectivity index (χ3n) is 3.54. The van der Waals surface area contributed by atoms with Crippen molar-refractivity contribution in [3.8, 4) is 0 Å². The van der Waals surface area contributed by atoms with E-state index < -0.39 is 0 Å². The maximum absolute atomic E-state index is 10.0. The fourth-order valence-corrected chi connectivity index (χ4v) is 2.56. The molecule has 1 atom stereocenters. The summed E-state index contributed by atoms with van der Waals surface area (Å²) in [6, 6.07) is 0. The summed E-state index contributed by atoms with van der Waals surface area (Å²) in [6.45, 7) is 1.87. The van der Waals surface area contributed by atoms with Gasteiger partial charge in [-0.25, -0.2) is 0 Å². The lowest BCUT2D eigenvalue weighted by atomic mass is 10.1. The van der Waals surface area contributed by atoms with Crippen LogP contribution in [0.3, 0.4) is 0 Å². The van der Waals surface area contributed by atoms with Crippen LogP contribution >= 0.6 is 0 Å². The van der Waals surface area contributed by atoms with Gasteiger partial charge in [-0.2, -0.15) is 0 Å². The molecule has 3 nitrogen and oxygen atoms in total. The lowest BCUT2D eigenvalue weighted by molar-refractivity contribution is 0.166. The predicted molar refractivity (Wildman–Crippen MR) is 68.1 cm³/mol. The average molecular weight is 237 g/mol. The van der Waals surface area contributed by atoms with E-state index in [1.165, 1.54) is 12.0 Å². The van der Waals surface area contributed by atoms with Crippen molar-refractivity contribution in [2.24, 2.45) is 0 Å². The van der Waals surface area contributed by atoms with Crippen LogP contribution in [-0.4, -0.2) is 23.4 Å². The second-order valence-corrected chi connectivity index (χ2v) is 4.94. The van der Waals surface area contributed by atoms with Crippen molar-refractivity contribution in [2.45, 2.75) is 51.2 Å². The number of aliphatic hydroxyl groups excluding tert-OH is 1. The van der Waals surface area contributed by atoms with Crippen LogP contribution in [-0.2, 0) is 17.7 Å². The van der Waals surface area contributed by atoms with E-state index in [1.807, 2.05) is 0 Å². The standard InChI is InChI=1S/C14H23NO2/c1-17-9-5-4-8-15-10-12-6-2-3-7-14(16)13(12)11-15/h10-11,14,16H,2-9H2,1H3. The quantitative estimate of drug-likeness (QED) is 0.631. The summed E-state index contributed by atoms with van der Waals surface area (Å²) < 4.78 is 7.28. The molecule has 17 heavy (non-hydrogen) atoms. The molecule has 1 heterocycles. The van der Waals surface area contributed by atoms with Gasteiger partial charge in [-0.15, -0.1) is 0 Å². The van der Waals surface area contributed by atoms with Crippen LogP contribution in [0.15, 0.2) is 12.4 Å². The lowest BCUT2D eigenvalue weighted by Crippen LogP contribution is -1.98. The number of ether oxygens (including phenoxy) is 1. The van der Waals surface area contributed by atoms with E-state index in [9.17, 15) is 5.11 Å². The number of hydrogen-bond acceptors (Lipinski definition) is 2. The van der Waals surface area contributed by atoms with Crippen molar-refractivity contribution >= 4 is 0 Å². The fourth-order valence-electron chi connectivity index (χ4n) is 2.56. The molecule has 0 aliphatic heterocycles. The number of methoxy groups -OCH3 is 1. The lowest BCUT2D eigenvalue weighted by Gasteiger charge is -2.06. The summed E-state index contributed by atoms with van der Waals surface area (Å²) in [6.07, 6.45) is 10.7. The minimum absolute atomic E-state index is 0.243. The first-order valence-electron chi connectivity index (χ1n) is 6.67. The van der Waals surface area contributed by atoms with Crippen LogP contribution in [0.5, 0.6) is 0 Å². The zero-order valence-corrected chi connectivity index (χ0v) is 10.7. The number of nitrogens with zero attached hydrogens (tertiary/aromatic N) is 1. The van der Waals surface area contributed by atoms with E-state index in [1.54, 1.807) is 7.11 Å². The van der Waals surface area contributed by atoms with Gasteiger partial charge >= 0.3 is 0 Å². The molecule has 0 saturated carbocycles. The Hall–Kier alpha value is -0.800. The summed E-state index contributed by atoms with van der Waals surface area (Å²) in [5.74, 6) is 0. The Labute approximate surface area is 103 Å². The second kappa shape index (κ2) is 6.22. The molecule has 0 spiro atoms. The van der Waals surface area contributed by atoms with Crippen LogP contribution in [0, 0.1) is 0 Å². The Kier molecular flexibility index (Phi) is 4.63. The van der Waals surface area contributed by atoms with Crippen molar-refractivity contribution in [1.29, 1.82) is 0 Å². The Morgan fingerprint density at radius 3 is 3.06 bits per heavy atom. The number of unbranched alkanes of at least 4 members (excludes halogenated alkanes) is 1. The van der Waals surface area contributed by atoms with E-state index in [0.717, 1.165) is 50.8 Å². The Bertz CT molecular complexity index is 346. The topological polar surface area (TPSA) is 34.4 Å². The maximum Gasteiger partial charge on any atom is 0.0807 e. The second-order valence-electron chi connectivity index (χ2n) is 4.94. The number of rotatable bonds is 5. The number of aliphatic hydroxyl groups is 1. The van der Waals surface area contributed by atoms with Crippen molar-refractivity contribution in [3.63, 3.8) is 0 Å². The number of fused-ring (bicyclic) bond motifs is 1. The molecular formula is C14H23NO2. The number of aromatic nitrogens is 1. The number of hydrogen-bond donors (Lipinski definition) is 1. The molecule has 3 heteroatoms. The van der Waals surface area contributed by atoms with Crippen LogP contribution in [0.4, 0.5) is 0 Å². The van der Waals surface area contributed by atoms with E-state index in [2.05, 4.69) is 17.0 Å². The molecule has 0 bridgehead atoms. The maximum atomic E-state index is 10.0. The van der Waals surface area contributed by atoms with Gasteiger partial charge in [0.05, 0.1) is 6.10 Å². The van der Waals surface area contributed by atoms with Gasteiger partial charge < -0.3 is 14.4 Å². The van der Waals surface area contributed by atoms with Crippen LogP contribution in [0.1, 0.15) is 49.3 Å². The van der Waals surface area contributed by atoms with E-state index in [-0.39, 0.29) is 6.10 Å². The summed E-state index contributed by atoms with van der Waals surface area (Å²) in [7, 11) is 1.74. The summed E-state index contributed by atoms with van der Waals surface area (Å²) >= 11 is 0. The van der Waals surface area contributed by atoms with Crippen LogP contribution in [0.2, 0.25) is 0 Å². The molecule has 0 fully saturated rings. The first-order valence-corrected chi connectivity index (χ1v) is 6.67. The SMILES string of the molecule is COCCCCn1cc2c(c1)C(O)CCCC2. The monoisotopic (exact) mass is 237 g/mol. The highest BCUT2D eigenvalue weighted by molar-refractivity contribution is 5.27. The van der Waals surface area contributed by atoms with Crippen LogP contribution < -0.4 is 0 Å². The molecule has 0 radical (unpaired) electrons. The molecule has 0 aromatic carbocycles. The molecule has 1 N–H and O–H groups in total. The molecular weight excluding hydrogens is 214 g/mol. The minimum Gasteiger partial charge on any atom is -0.388 e. The average Bonchev–Trinajstić information content (AvgIpc) is 2.66. The van der Waals surface area contributed by atoms with E-state index in [4.69, 9.17) is 4.74 Å². The minimum atomic E-state index is -0.243. The zero-order chi connectivity index (χ0) is 12.1. The molecule has 1 aromatic heterocycles. The van der Waals surface area contributed by atoms with Gasteiger partial charge in [0, 0.05) is 38.2 Å². The fraction of sp³-hybridized carbons (Fsp3) is 0.714. The Morgan fingerprint density at radius 1 is 1.35 bits per heavy atom. The zero-order valence-electron chi connectivity index (χ0n) is 10.7. The van der Waals surface area contributed by atoms with Crippen molar-refractivity contribution in [3.05, 3.63) is 23.5 Å². The van der Waals surface area contributed by atoms with Gasteiger partial charge in [0.15, 0.2) is 0 Å². The van der Waals surface area contributed by atoms with E-state index >= 15 is 0 Å². The third kappa shape index (κ3) is 3.33. The predicted octanol–water partition coefficient (Wildman–Crippen LogP) is 2.67. The molecule has 96 valence electrons. The van der Waals surface area contributed by atoms with Crippen LogP contribution in [0.25, 0.3) is 0 Å². The highest BCUT2D eigenvalue weighted by atomic mass is 16.5. The van der Waals surface area contributed by atoms with E-state index in [0.29, 0.717) is 0 Å². The van der Waals surface area contributed by atoms with Gasteiger partial charge in [-0.1, -0.05) is 6.42 Å². The first kappa shape index (κ1) is 12.7. The number of aryl methyl sites for hydroxylation is 2. The largest absolute Gasteiger partial charge is 0.388 e. The first-order chi connectivity index (χ1) is 8.31. The highest BCUT2D eigenvalue weighted by Gasteiger charge is 2.17.